The molecule has 130 valence electrons. The molecule has 3 N–H and O–H groups in total. The van der Waals surface area contributed by atoms with Crippen molar-refractivity contribution in [3.8, 4) is 11.1 Å². The van der Waals surface area contributed by atoms with Crippen LogP contribution in [0.1, 0.15) is 19.3 Å². The smallest absolute Gasteiger partial charge is 0.154 e. The Kier molecular flexibility index (Phi) is 4.33. The van der Waals surface area contributed by atoms with E-state index in [1.165, 1.54) is 0 Å². The second-order valence-corrected chi connectivity index (χ2v) is 6.58. The average Bonchev–Trinajstić information content (AvgIpc) is 3.27. The Balaban J connectivity index is 1.52. The van der Waals surface area contributed by atoms with Gasteiger partial charge < -0.3 is 15.0 Å². The van der Waals surface area contributed by atoms with Crippen molar-refractivity contribution in [2.24, 2.45) is 0 Å². The second kappa shape index (κ2) is 6.78. The third kappa shape index (κ3) is 3.33. The number of rotatable bonds is 5. The first-order chi connectivity index (χ1) is 12.2. The molecule has 0 spiro atoms. The van der Waals surface area contributed by atoms with E-state index in [1.54, 1.807) is 12.5 Å². The van der Waals surface area contributed by atoms with Crippen LogP contribution in [0.15, 0.2) is 36.9 Å². The first-order valence-electron chi connectivity index (χ1n) is 8.58. The maximum Gasteiger partial charge on any atom is 0.154 e. The molecule has 2 atom stereocenters. The normalized spacial score (nSPS) is 20.8. The maximum atomic E-state index is 12.5. The van der Waals surface area contributed by atoms with Gasteiger partial charge in [0, 0.05) is 24.2 Å². The number of imidazole rings is 1. The van der Waals surface area contributed by atoms with Crippen LogP contribution in [0.2, 0.25) is 0 Å². The molecule has 0 saturated carbocycles. The van der Waals surface area contributed by atoms with Gasteiger partial charge in [0.1, 0.15) is 0 Å². The molecule has 1 saturated heterocycles. The molecule has 1 aromatic carbocycles. The van der Waals surface area contributed by atoms with Crippen molar-refractivity contribution < 1.29 is 9.90 Å². The van der Waals surface area contributed by atoms with Crippen LogP contribution in [0, 0.1) is 0 Å². The number of piperidine rings is 1. The van der Waals surface area contributed by atoms with Crippen molar-refractivity contribution in [1.29, 1.82) is 0 Å². The van der Waals surface area contributed by atoms with Gasteiger partial charge >= 0.3 is 0 Å². The number of carbonyl (C=O) groups excluding carboxylic acids is 1. The molecule has 3 heterocycles. The molecule has 3 aromatic rings. The summed E-state index contributed by atoms with van der Waals surface area (Å²) < 4.78 is 1.87. The molecule has 0 amide bonds. The highest BCUT2D eigenvalue weighted by atomic mass is 16.3. The van der Waals surface area contributed by atoms with Crippen LogP contribution < -0.4 is 5.32 Å². The quantitative estimate of drug-likeness (QED) is 0.655. The number of Topliss-reactive ketones (excluding diaryl/α,β-unsaturated/α-hetero) is 1. The largest absolute Gasteiger partial charge is 0.391 e. The van der Waals surface area contributed by atoms with Crippen LogP contribution >= 0.6 is 0 Å². The first kappa shape index (κ1) is 16.0. The number of hydrogen-bond acceptors (Lipinski definition) is 5. The summed E-state index contributed by atoms with van der Waals surface area (Å²) in [6.07, 6.45) is 6.91. The Hall–Kier alpha value is -2.51. The van der Waals surface area contributed by atoms with E-state index in [2.05, 4.69) is 20.5 Å². The Morgan fingerprint density at radius 3 is 3.08 bits per heavy atom. The molecule has 25 heavy (non-hydrogen) atoms. The predicted octanol–water partition coefficient (Wildman–Crippen LogP) is 1.50. The molecular formula is C18H21N5O2. The lowest BCUT2D eigenvalue weighted by Gasteiger charge is -2.28. The minimum Gasteiger partial charge on any atom is -0.391 e. The molecule has 1 fully saturated rings. The average molecular weight is 339 g/mol. The van der Waals surface area contributed by atoms with Crippen molar-refractivity contribution in [3.63, 3.8) is 0 Å². The molecular weight excluding hydrogens is 318 g/mol. The van der Waals surface area contributed by atoms with E-state index in [0.29, 0.717) is 6.42 Å². The lowest BCUT2D eigenvalue weighted by atomic mass is 9.97. The summed E-state index contributed by atoms with van der Waals surface area (Å²) in [5.41, 5.74) is 3.80. The topological polar surface area (TPSA) is 95.8 Å². The number of nitrogens with one attached hydrogen (secondary N) is 2. The Bertz CT molecular complexity index is 871. The van der Waals surface area contributed by atoms with E-state index >= 15 is 0 Å². The van der Waals surface area contributed by atoms with Crippen LogP contribution in [0.3, 0.4) is 0 Å². The molecule has 7 heteroatoms. The number of hydrogen-bond donors (Lipinski definition) is 3. The van der Waals surface area contributed by atoms with E-state index in [4.69, 9.17) is 0 Å². The number of benzene rings is 1. The highest BCUT2D eigenvalue weighted by Crippen LogP contribution is 2.23. The molecule has 0 bridgehead atoms. The van der Waals surface area contributed by atoms with Crippen LogP contribution in [0.25, 0.3) is 22.2 Å². The molecule has 4 rings (SSSR count). The minimum absolute atomic E-state index is 0.0893. The van der Waals surface area contributed by atoms with Crippen molar-refractivity contribution >= 4 is 16.8 Å². The molecule has 7 nitrogen and oxygen atoms in total. The minimum atomic E-state index is -0.440. The summed E-state index contributed by atoms with van der Waals surface area (Å²) in [6.45, 7) is 1.12. The van der Waals surface area contributed by atoms with Crippen molar-refractivity contribution in [3.05, 3.63) is 36.9 Å². The van der Waals surface area contributed by atoms with Crippen LogP contribution in [0.5, 0.6) is 0 Å². The highest BCUT2D eigenvalue weighted by Gasteiger charge is 2.25. The zero-order valence-corrected chi connectivity index (χ0v) is 13.9. The number of nitrogens with zero attached hydrogens (tertiary/aromatic N) is 3. The fraction of sp³-hybridized carbons (Fsp3) is 0.389. The number of H-pyrrole nitrogens is 1. The fourth-order valence-corrected chi connectivity index (χ4v) is 3.41. The molecule has 0 aliphatic carbocycles. The Morgan fingerprint density at radius 2 is 2.28 bits per heavy atom. The molecule has 2 aromatic heterocycles. The van der Waals surface area contributed by atoms with Gasteiger partial charge in [0.05, 0.1) is 36.2 Å². The van der Waals surface area contributed by atoms with Gasteiger partial charge in [-0.05, 0) is 37.1 Å². The van der Waals surface area contributed by atoms with Crippen LogP contribution in [-0.4, -0.2) is 49.3 Å². The number of ketones is 1. The number of aliphatic hydroxyl groups excluding tert-OH is 1. The van der Waals surface area contributed by atoms with E-state index in [0.717, 1.165) is 41.5 Å². The second-order valence-electron chi connectivity index (χ2n) is 6.58. The number of aromatic amines is 1. The van der Waals surface area contributed by atoms with Crippen molar-refractivity contribution in [2.75, 3.05) is 6.54 Å². The third-order valence-electron chi connectivity index (χ3n) is 4.79. The van der Waals surface area contributed by atoms with Crippen LogP contribution in [0.4, 0.5) is 0 Å². The molecule has 0 unspecified atom stereocenters. The van der Waals surface area contributed by atoms with Crippen molar-refractivity contribution in [1.82, 2.24) is 25.1 Å². The standard InChI is InChI=1S/C18H21N5O2/c24-14(7-16-18(25)2-1-5-19-16)10-23-11-20-15-4-3-12(6-17(15)23)13-8-21-22-9-13/h3-4,6,8-9,11,16,18-19,25H,1-2,5,7,10H2,(H,21,22)/t16-,18+/m1/s1. The van der Waals surface area contributed by atoms with Gasteiger partial charge in [-0.25, -0.2) is 4.98 Å². The van der Waals surface area contributed by atoms with Gasteiger partial charge in [0.25, 0.3) is 0 Å². The summed E-state index contributed by atoms with van der Waals surface area (Å²) in [6, 6.07) is 5.83. The molecule has 0 radical (unpaired) electrons. The maximum absolute atomic E-state index is 12.5. The molecule has 1 aliphatic heterocycles. The van der Waals surface area contributed by atoms with Gasteiger partial charge in [-0.2, -0.15) is 5.10 Å². The first-order valence-corrected chi connectivity index (χ1v) is 8.58. The van der Waals surface area contributed by atoms with Crippen molar-refractivity contribution in [2.45, 2.75) is 38.0 Å². The monoisotopic (exact) mass is 339 g/mol. The summed E-state index contributed by atoms with van der Waals surface area (Å²) >= 11 is 0. The lowest BCUT2D eigenvalue weighted by molar-refractivity contribution is -0.121. The highest BCUT2D eigenvalue weighted by molar-refractivity contribution is 5.85. The lowest BCUT2D eigenvalue weighted by Crippen LogP contribution is -2.46. The summed E-state index contributed by atoms with van der Waals surface area (Å²) in [4.78, 5) is 16.8. The fourth-order valence-electron chi connectivity index (χ4n) is 3.41. The van der Waals surface area contributed by atoms with Gasteiger partial charge in [-0.1, -0.05) is 6.07 Å². The Morgan fingerprint density at radius 1 is 1.36 bits per heavy atom. The van der Waals surface area contributed by atoms with E-state index in [1.807, 2.05) is 29.0 Å². The number of fused-ring (bicyclic) bond motifs is 1. The number of aliphatic hydroxyl groups is 1. The van der Waals surface area contributed by atoms with Gasteiger partial charge in [0.15, 0.2) is 5.78 Å². The van der Waals surface area contributed by atoms with Gasteiger partial charge in [-0.15, -0.1) is 0 Å². The van der Waals surface area contributed by atoms with Gasteiger partial charge in [0.2, 0.25) is 0 Å². The SMILES string of the molecule is O=C(C[C@H]1NCCC[C@@H]1O)Cn1cnc2ccc(-c3cn[nH]c3)cc21. The zero-order chi connectivity index (χ0) is 17.2. The van der Waals surface area contributed by atoms with Crippen LogP contribution in [-0.2, 0) is 11.3 Å². The Labute approximate surface area is 145 Å². The van der Waals surface area contributed by atoms with Gasteiger partial charge in [-0.3, -0.25) is 9.89 Å². The van der Waals surface area contributed by atoms with E-state index in [9.17, 15) is 9.90 Å². The molecule has 1 aliphatic rings. The number of aromatic nitrogens is 4. The summed E-state index contributed by atoms with van der Waals surface area (Å²) in [5, 5.41) is 20.0. The van der Waals surface area contributed by atoms with E-state index in [-0.39, 0.29) is 18.4 Å². The third-order valence-corrected chi connectivity index (χ3v) is 4.79. The zero-order valence-electron chi connectivity index (χ0n) is 13.9. The predicted molar refractivity (Wildman–Crippen MR) is 94.0 cm³/mol. The number of carbonyl (C=O) groups is 1. The summed E-state index contributed by atoms with van der Waals surface area (Å²) in [5.74, 6) is 0.0893. The van der Waals surface area contributed by atoms with E-state index < -0.39 is 6.10 Å². The summed E-state index contributed by atoms with van der Waals surface area (Å²) in [7, 11) is 0.